The highest BCUT2D eigenvalue weighted by atomic mass is 32.2. The number of hydrogen-bond donors (Lipinski definition) is 1. The number of H-pyrrole nitrogens is 1. The summed E-state index contributed by atoms with van der Waals surface area (Å²) in [5, 5.41) is 10.3. The Balaban J connectivity index is 1.44. The van der Waals surface area contributed by atoms with Crippen molar-refractivity contribution < 1.29 is 4.74 Å². The van der Waals surface area contributed by atoms with E-state index in [1.54, 1.807) is 17.8 Å². The molecule has 0 unspecified atom stereocenters. The molecule has 0 amide bonds. The molecule has 2 heterocycles. The molecule has 6 nitrogen and oxygen atoms in total. The van der Waals surface area contributed by atoms with E-state index in [2.05, 4.69) is 65.6 Å². The third-order valence-electron chi connectivity index (χ3n) is 5.74. The van der Waals surface area contributed by atoms with Crippen LogP contribution in [0.15, 0.2) is 58.5 Å². The lowest BCUT2D eigenvalue weighted by molar-refractivity contribution is 0.288. The summed E-state index contributed by atoms with van der Waals surface area (Å²) in [6, 6.07) is 15.9. The van der Waals surface area contributed by atoms with Crippen LogP contribution >= 0.6 is 11.8 Å². The van der Waals surface area contributed by atoms with Gasteiger partial charge in [0.05, 0.1) is 0 Å². The zero-order chi connectivity index (χ0) is 23.4. The summed E-state index contributed by atoms with van der Waals surface area (Å²) < 4.78 is 8.00. The number of hydrogen-bond acceptors (Lipinski definition) is 5. The maximum Gasteiger partial charge on any atom is 0.191 e. The number of fused-ring (bicyclic) bond motifs is 1. The van der Waals surface area contributed by atoms with Crippen LogP contribution in [0.2, 0.25) is 0 Å². The van der Waals surface area contributed by atoms with Crippen molar-refractivity contribution in [2.24, 2.45) is 0 Å². The zero-order valence-electron chi connectivity index (χ0n) is 19.6. The Hall–Kier alpha value is -3.06. The van der Waals surface area contributed by atoms with E-state index in [0.29, 0.717) is 18.3 Å². The van der Waals surface area contributed by atoms with Crippen molar-refractivity contribution in [3.05, 3.63) is 81.4 Å². The molecular formula is C26H30N4O2S. The van der Waals surface area contributed by atoms with E-state index in [1.807, 2.05) is 24.3 Å². The molecule has 0 saturated carbocycles. The molecule has 1 N–H and O–H groups in total. The molecule has 0 atom stereocenters. The summed E-state index contributed by atoms with van der Waals surface area (Å²) in [6.07, 6.45) is 0.912. The van der Waals surface area contributed by atoms with Gasteiger partial charge in [-0.25, -0.2) is 0 Å². The van der Waals surface area contributed by atoms with Crippen LogP contribution in [-0.4, -0.2) is 19.7 Å². The number of thioether (sulfide) groups is 1. The van der Waals surface area contributed by atoms with Gasteiger partial charge in [0.1, 0.15) is 12.4 Å². The minimum absolute atomic E-state index is 0.0455. The summed E-state index contributed by atoms with van der Waals surface area (Å²) >= 11 is 1.56. The molecule has 7 heteroatoms. The van der Waals surface area contributed by atoms with Crippen LogP contribution < -0.4 is 10.2 Å². The Morgan fingerprint density at radius 1 is 1.06 bits per heavy atom. The molecule has 172 valence electrons. The fraction of sp³-hybridized carbons (Fsp3) is 0.346. The van der Waals surface area contributed by atoms with Gasteiger partial charge in [-0.15, -0.1) is 10.2 Å². The first-order valence-corrected chi connectivity index (χ1v) is 12.4. The highest BCUT2D eigenvalue weighted by Gasteiger charge is 2.13. The topological polar surface area (TPSA) is 72.8 Å². The van der Waals surface area contributed by atoms with Gasteiger partial charge in [0, 0.05) is 35.0 Å². The molecule has 0 bridgehead atoms. The first-order chi connectivity index (χ1) is 16.0. The summed E-state index contributed by atoms with van der Waals surface area (Å²) in [6.45, 7) is 9.61. The first-order valence-electron chi connectivity index (χ1n) is 11.4. The molecule has 4 aromatic rings. The van der Waals surface area contributed by atoms with Crippen molar-refractivity contribution in [1.82, 2.24) is 19.7 Å². The van der Waals surface area contributed by atoms with Gasteiger partial charge < -0.3 is 14.3 Å². The molecular weight excluding hydrogens is 432 g/mol. The number of ether oxygens (including phenoxy) is 1. The summed E-state index contributed by atoms with van der Waals surface area (Å²) in [5.41, 5.74) is 4.23. The van der Waals surface area contributed by atoms with Gasteiger partial charge in [-0.3, -0.25) is 4.79 Å². The van der Waals surface area contributed by atoms with Crippen molar-refractivity contribution >= 4 is 22.7 Å². The zero-order valence-corrected chi connectivity index (χ0v) is 20.4. The number of rotatable bonds is 9. The van der Waals surface area contributed by atoms with Crippen LogP contribution in [0.5, 0.6) is 5.75 Å². The van der Waals surface area contributed by atoms with Crippen LogP contribution in [0.1, 0.15) is 56.3 Å². The first kappa shape index (κ1) is 23.1. The molecule has 0 saturated heterocycles. The highest BCUT2D eigenvalue weighted by molar-refractivity contribution is 7.98. The fourth-order valence-corrected chi connectivity index (χ4v) is 4.67. The van der Waals surface area contributed by atoms with Gasteiger partial charge in [0.15, 0.2) is 16.4 Å². The maximum absolute atomic E-state index is 12.6. The third kappa shape index (κ3) is 5.30. The number of benzene rings is 2. The molecule has 0 aliphatic rings. The van der Waals surface area contributed by atoms with Crippen molar-refractivity contribution in [3.8, 4) is 5.75 Å². The number of aryl methyl sites for hydroxylation is 1. The molecule has 33 heavy (non-hydrogen) atoms. The lowest BCUT2D eigenvalue weighted by Crippen LogP contribution is -2.08. The number of pyridine rings is 1. The SMILES string of the molecule is CCc1ccc2[nH]c(CSc3nnc(COc4ccc(C(C)C)cc4)n3CC)cc(=O)c2c1. The normalized spacial score (nSPS) is 11.4. The monoisotopic (exact) mass is 462 g/mol. The van der Waals surface area contributed by atoms with E-state index in [-0.39, 0.29) is 5.43 Å². The number of aromatic nitrogens is 4. The Kier molecular flexibility index (Phi) is 7.18. The van der Waals surface area contributed by atoms with Gasteiger partial charge in [0.2, 0.25) is 0 Å². The molecule has 2 aromatic heterocycles. The average molecular weight is 463 g/mol. The summed E-state index contributed by atoms with van der Waals surface area (Å²) in [5.74, 6) is 2.70. The molecule has 2 aromatic carbocycles. The minimum atomic E-state index is 0.0455. The molecule has 0 spiro atoms. The Labute approximate surface area is 198 Å². The van der Waals surface area contributed by atoms with Gasteiger partial charge in [-0.05, 0) is 54.7 Å². The second-order valence-electron chi connectivity index (χ2n) is 8.34. The fourth-order valence-electron chi connectivity index (χ4n) is 3.74. The van der Waals surface area contributed by atoms with E-state index < -0.39 is 0 Å². The second-order valence-corrected chi connectivity index (χ2v) is 9.28. The van der Waals surface area contributed by atoms with Crippen molar-refractivity contribution in [2.75, 3.05) is 0 Å². The number of nitrogens with zero attached hydrogens (tertiary/aromatic N) is 3. The van der Waals surface area contributed by atoms with Crippen molar-refractivity contribution in [1.29, 1.82) is 0 Å². The lowest BCUT2D eigenvalue weighted by atomic mass is 10.0. The van der Waals surface area contributed by atoms with E-state index in [0.717, 1.165) is 51.9 Å². The Bertz CT molecular complexity index is 1290. The smallest absolute Gasteiger partial charge is 0.191 e. The lowest BCUT2D eigenvalue weighted by Gasteiger charge is -2.10. The number of aromatic amines is 1. The predicted octanol–water partition coefficient (Wildman–Crippen LogP) is 5.70. The van der Waals surface area contributed by atoms with Gasteiger partial charge in [-0.2, -0.15) is 0 Å². The summed E-state index contributed by atoms with van der Waals surface area (Å²) in [4.78, 5) is 16.0. The van der Waals surface area contributed by atoms with Crippen molar-refractivity contribution in [3.63, 3.8) is 0 Å². The Morgan fingerprint density at radius 2 is 1.85 bits per heavy atom. The average Bonchev–Trinajstić information content (AvgIpc) is 3.23. The maximum atomic E-state index is 12.6. The molecule has 4 rings (SSSR count). The van der Waals surface area contributed by atoms with Crippen LogP contribution in [0.4, 0.5) is 0 Å². The van der Waals surface area contributed by atoms with Crippen LogP contribution in [0.25, 0.3) is 10.9 Å². The molecule has 0 fully saturated rings. The molecule has 0 aliphatic carbocycles. The Morgan fingerprint density at radius 3 is 2.55 bits per heavy atom. The van der Waals surface area contributed by atoms with Crippen LogP contribution in [-0.2, 0) is 25.3 Å². The second kappa shape index (κ2) is 10.3. The van der Waals surface area contributed by atoms with Gasteiger partial charge in [0.25, 0.3) is 0 Å². The van der Waals surface area contributed by atoms with Gasteiger partial charge >= 0.3 is 0 Å². The summed E-state index contributed by atoms with van der Waals surface area (Å²) in [7, 11) is 0. The molecule has 0 aliphatic heterocycles. The quantitative estimate of drug-likeness (QED) is 0.323. The predicted molar refractivity (Wildman–Crippen MR) is 134 cm³/mol. The highest BCUT2D eigenvalue weighted by Crippen LogP contribution is 2.23. The van der Waals surface area contributed by atoms with Crippen LogP contribution in [0.3, 0.4) is 0 Å². The minimum Gasteiger partial charge on any atom is -0.486 e. The van der Waals surface area contributed by atoms with E-state index in [9.17, 15) is 4.79 Å². The van der Waals surface area contributed by atoms with E-state index in [4.69, 9.17) is 4.74 Å². The largest absolute Gasteiger partial charge is 0.486 e. The third-order valence-corrected chi connectivity index (χ3v) is 6.75. The van der Waals surface area contributed by atoms with Gasteiger partial charge in [-0.1, -0.05) is 50.7 Å². The van der Waals surface area contributed by atoms with Crippen molar-refractivity contribution in [2.45, 2.75) is 64.1 Å². The molecule has 0 radical (unpaired) electrons. The van der Waals surface area contributed by atoms with E-state index in [1.165, 1.54) is 5.56 Å². The van der Waals surface area contributed by atoms with Crippen LogP contribution in [0, 0.1) is 0 Å². The standard InChI is InChI=1S/C26H30N4O2S/c1-5-18-7-12-23-22(13-18)24(31)14-20(27-23)16-33-26-29-28-25(30(26)6-2)15-32-21-10-8-19(9-11-21)17(3)4/h7-14,17H,5-6,15-16H2,1-4H3,(H,27,31). The number of nitrogens with one attached hydrogen (secondary N) is 1. The van der Waals surface area contributed by atoms with E-state index >= 15 is 0 Å².